The number of hydrogen-bond acceptors (Lipinski definition) is 8. The Hall–Kier alpha value is -2.89. The molecule has 0 atom stereocenters. The van der Waals surface area contributed by atoms with Gasteiger partial charge in [0, 0.05) is 11.6 Å². The SMILES string of the molecule is COC(=O)c1ccc(S(=O)(=O)N(Cc2ccc(OC)cc2O)c2ncc(Cl)s2)cc1F. The van der Waals surface area contributed by atoms with Gasteiger partial charge in [0.25, 0.3) is 10.0 Å². The van der Waals surface area contributed by atoms with Gasteiger partial charge in [0.15, 0.2) is 0 Å². The second-order valence-electron chi connectivity index (χ2n) is 6.09. The molecule has 0 aliphatic rings. The van der Waals surface area contributed by atoms with Gasteiger partial charge in [0.2, 0.25) is 5.13 Å². The first-order chi connectivity index (χ1) is 14.7. The summed E-state index contributed by atoms with van der Waals surface area (Å²) in [6.07, 6.45) is 1.28. The maximum Gasteiger partial charge on any atom is 0.340 e. The van der Waals surface area contributed by atoms with Crippen molar-refractivity contribution < 1.29 is 32.2 Å². The fourth-order valence-corrected chi connectivity index (χ4v) is 5.16. The minimum atomic E-state index is -4.35. The molecular formula is C19H16ClFN2O6S2. The zero-order valence-corrected chi connectivity index (χ0v) is 18.6. The van der Waals surface area contributed by atoms with Crippen LogP contribution in [0.1, 0.15) is 15.9 Å². The van der Waals surface area contributed by atoms with Crippen LogP contribution in [0.25, 0.3) is 0 Å². The molecule has 0 spiro atoms. The molecule has 31 heavy (non-hydrogen) atoms. The number of phenols is 1. The van der Waals surface area contributed by atoms with E-state index in [1.165, 1.54) is 25.4 Å². The maximum absolute atomic E-state index is 14.4. The quantitative estimate of drug-likeness (QED) is 0.506. The van der Waals surface area contributed by atoms with Crippen LogP contribution in [0, 0.1) is 5.82 Å². The number of esters is 1. The number of carbonyl (C=O) groups is 1. The Labute approximate surface area is 186 Å². The van der Waals surface area contributed by atoms with Crippen molar-refractivity contribution >= 4 is 44.1 Å². The highest BCUT2D eigenvalue weighted by molar-refractivity contribution is 7.93. The molecule has 1 heterocycles. The largest absolute Gasteiger partial charge is 0.507 e. The van der Waals surface area contributed by atoms with Crippen LogP contribution in [0.5, 0.6) is 11.5 Å². The fourth-order valence-electron chi connectivity index (χ4n) is 2.63. The summed E-state index contributed by atoms with van der Waals surface area (Å²) in [5.41, 5.74) is -0.152. The monoisotopic (exact) mass is 486 g/mol. The topological polar surface area (TPSA) is 106 Å². The van der Waals surface area contributed by atoms with E-state index in [1.807, 2.05) is 0 Å². The molecule has 2 aromatic carbocycles. The van der Waals surface area contributed by atoms with Crippen LogP contribution in [-0.2, 0) is 21.3 Å². The lowest BCUT2D eigenvalue weighted by atomic mass is 10.2. The Morgan fingerprint density at radius 2 is 2.00 bits per heavy atom. The van der Waals surface area contributed by atoms with E-state index >= 15 is 0 Å². The molecule has 0 aliphatic heterocycles. The van der Waals surface area contributed by atoms with Crippen molar-refractivity contribution in [2.24, 2.45) is 0 Å². The van der Waals surface area contributed by atoms with Crippen LogP contribution in [-0.4, -0.2) is 38.7 Å². The number of methoxy groups -OCH3 is 2. The van der Waals surface area contributed by atoms with Crippen LogP contribution in [0.2, 0.25) is 4.34 Å². The van der Waals surface area contributed by atoms with Gasteiger partial charge >= 0.3 is 5.97 Å². The van der Waals surface area contributed by atoms with E-state index in [0.29, 0.717) is 5.75 Å². The number of phenolic OH excluding ortho intramolecular Hbond substituents is 1. The van der Waals surface area contributed by atoms with Crippen LogP contribution < -0.4 is 9.04 Å². The van der Waals surface area contributed by atoms with E-state index in [-0.39, 0.29) is 27.3 Å². The zero-order chi connectivity index (χ0) is 22.8. The number of hydrogen-bond donors (Lipinski definition) is 1. The third-order valence-electron chi connectivity index (χ3n) is 4.22. The maximum atomic E-state index is 14.4. The van der Waals surface area contributed by atoms with Crippen LogP contribution in [0.15, 0.2) is 47.5 Å². The molecule has 3 rings (SSSR count). The second-order valence-corrected chi connectivity index (χ2v) is 9.59. The summed E-state index contributed by atoms with van der Waals surface area (Å²) in [7, 11) is -1.84. The predicted octanol–water partition coefficient (Wildman–Crippen LogP) is 3.83. The molecule has 0 fully saturated rings. The molecule has 0 unspecified atom stereocenters. The van der Waals surface area contributed by atoms with E-state index in [9.17, 15) is 22.7 Å². The first-order valence-corrected chi connectivity index (χ1v) is 11.2. The molecule has 0 bridgehead atoms. The molecule has 0 amide bonds. The number of halogens is 2. The van der Waals surface area contributed by atoms with Crippen molar-refractivity contribution in [3.8, 4) is 11.5 Å². The van der Waals surface area contributed by atoms with E-state index in [2.05, 4.69) is 9.72 Å². The zero-order valence-electron chi connectivity index (χ0n) is 16.2. The van der Waals surface area contributed by atoms with Gasteiger partial charge in [-0.05, 0) is 30.3 Å². The Kier molecular flexibility index (Phi) is 6.68. The average Bonchev–Trinajstić information content (AvgIpc) is 3.17. The molecule has 8 nitrogen and oxygen atoms in total. The van der Waals surface area contributed by atoms with Gasteiger partial charge in [-0.2, -0.15) is 0 Å². The van der Waals surface area contributed by atoms with Crippen molar-refractivity contribution in [2.45, 2.75) is 11.4 Å². The molecule has 164 valence electrons. The highest BCUT2D eigenvalue weighted by atomic mass is 35.5. The Morgan fingerprint density at radius 3 is 2.55 bits per heavy atom. The first-order valence-electron chi connectivity index (χ1n) is 8.55. The number of benzene rings is 2. The number of aromatic hydroxyl groups is 1. The predicted molar refractivity (Wildman–Crippen MR) is 113 cm³/mol. The minimum Gasteiger partial charge on any atom is -0.507 e. The lowest BCUT2D eigenvalue weighted by Crippen LogP contribution is -2.30. The molecule has 0 aliphatic carbocycles. The smallest absolute Gasteiger partial charge is 0.340 e. The average molecular weight is 487 g/mol. The third-order valence-corrected chi connectivity index (χ3v) is 7.20. The summed E-state index contributed by atoms with van der Waals surface area (Å²) in [5, 5.41) is 10.3. The third kappa shape index (κ3) is 4.73. The molecular weight excluding hydrogens is 471 g/mol. The van der Waals surface area contributed by atoms with Gasteiger partial charge < -0.3 is 14.6 Å². The number of nitrogens with zero attached hydrogens (tertiary/aromatic N) is 2. The number of ether oxygens (including phenoxy) is 2. The van der Waals surface area contributed by atoms with Crippen molar-refractivity contribution in [1.29, 1.82) is 0 Å². The van der Waals surface area contributed by atoms with Crippen molar-refractivity contribution in [1.82, 2.24) is 4.98 Å². The van der Waals surface area contributed by atoms with Gasteiger partial charge in [-0.3, -0.25) is 0 Å². The summed E-state index contributed by atoms with van der Waals surface area (Å²) in [4.78, 5) is 15.2. The molecule has 0 saturated carbocycles. The summed E-state index contributed by atoms with van der Waals surface area (Å²) in [6, 6.07) is 7.20. The molecule has 12 heteroatoms. The molecule has 3 aromatic rings. The highest BCUT2D eigenvalue weighted by Gasteiger charge is 2.30. The molecule has 0 saturated heterocycles. The van der Waals surface area contributed by atoms with Gasteiger partial charge in [-0.25, -0.2) is 26.9 Å². The molecule has 0 radical (unpaired) electrons. The minimum absolute atomic E-state index is 0.0117. The number of anilines is 1. The summed E-state index contributed by atoms with van der Waals surface area (Å²) >= 11 is 6.82. The lowest BCUT2D eigenvalue weighted by Gasteiger charge is -2.22. The number of carbonyl (C=O) groups excluding carboxylic acids is 1. The van der Waals surface area contributed by atoms with E-state index < -0.39 is 32.3 Å². The van der Waals surface area contributed by atoms with Crippen LogP contribution in [0.3, 0.4) is 0 Å². The van der Waals surface area contributed by atoms with Crippen LogP contribution >= 0.6 is 22.9 Å². The standard InChI is InChI=1S/C19H16ClFN2O6S2/c1-28-12-4-3-11(16(24)7-12)10-23(19-22-9-17(20)30-19)31(26,27)13-5-6-14(15(21)8-13)18(25)29-2/h3-9,24H,10H2,1-2H3. The van der Waals surface area contributed by atoms with E-state index in [0.717, 1.165) is 41.0 Å². The molecule has 1 N–H and O–H groups in total. The van der Waals surface area contributed by atoms with Crippen molar-refractivity contribution in [2.75, 3.05) is 18.5 Å². The van der Waals surface area contributed by atoms with Gasteiger partial charge in [-0.15, -0.1) is 0 Å². The van der Waals surface area contributed by atoms with Crippen LogP contribution in [0.4, 0.5) is 9.52 Å². The summed E-state index contributed by atoms with van der Waals surface area (Å²) in [5.74, 6) is -1.81. The highest BCUT2D eigenvalue weighted by Crippen LogP contribution is 2.34. The second kappa shape index (κ2) is 9.08. The van der Waals surface area contributed by atoms with E-state index in [1.54, 1.807) is 6.07 Å². The van der Waals surface area contributed by atoms with Crippen molar-refractivity contribution in [3.05, 3.63) is 63.9 Å². The molecule has 1 aromatic heterocycles. The van der Waals surface area contributed by atoms with E-state index in [4.69, 9.17) is 16.3 Å². The fraction of sp³-hybridized carbons (Fsp3) is 0.158. The van der Waals surface area contributed by atoms with Gasteiger partial charge in [0.05, 0.1) is 37.4 Å². The number of aromatic nitrogens is 1. The Bertz CT molecular complexity index is 1230. The Morgan fingerprint density at radius 1 is 1.26 bits per heavy atom. The number of rotatable bonds is 7. The lowest BCUT2D eigenvalue weighted by molar-refractivity contribution is 0.0595. The van der Waals surface area contributed by atoms with Gasteiger partial charge in [0.1, 0.15) is 21.7 Å². The first kappa shape index (κ1) is 22.8. The number of sulfonamides is 1. The normalized spacial score (nSPS) is 11.2. The Balaban J connectivity index is 2.07. The van der Waals surface area contributed by atoms with Crippen molar-refractivity contribution in [3.63, 3.8) is 0 Å². The number of thiazole rings is 1. The summed E-state index contributed by atoms with van der Waals surface area (Å²) < 4.78 is 51.7. The van der Waals surface area contributed by atoms with Gasteiger partial charge in [-0.1, -0.05) is 22.9 Å². The summed E-state index contributed by atoms with van der Waals surface area (Å²) in [6.45, 7) is -0.317.